The highest BCUT2D eigenvalue weighted by atomic mass is 16.5. The van der Waals surface area contributed by atoms with Crippen LogP contribution in [0.1, 0.15) is 49.1 Å². The van der Waals surface area contributed by atoms with E-state index in [2.05, 4.69) is 29.6 Å². The minimum Gasteiger partial charge on any atom is -0.480 e. The van der Waals surface area contributed by atoms with Gasteiger partial charge in [-0.15, -0.1) is 0 Å². The number of nitrogens with one attached hydrogen (secondary N) is 1. The van der Waals surface area contributed by atoms with E-state index in [1.165, 1.54) is 4.90 Å². The van der Waals surface area contributed by atoms with Gasteiger partial charge in [-0.1, -0.05) is 55.0 Å². The van der Waals surface area contributed by atoms with Gasteiger partial charge in [0.1, 0.15) is 12.6 Å². The van der Waals surface area contributed by atoms with Crippen LogP contribution < -0.4 is 5.32 Å². The van der Waals surface area contributed by atoms with E-state index in [0.29, 0.717) is 0 Å². The first-order chi connectivity index (χ1) is 16.9. The second-order valence-corrected chi connectivity index (χ2v) is 9.76. The molecule has 2 aromatic carbocycles. The number of carboxylic acids is 1. The number of alkyl carbamates (subject to hydrolysis) is 1. The first-order valence-electron chi connectivity index (χ1n) is 12.2. The van der Waals surface area contributed by atoms with Gasteiger partial charge in [-0.2, -0.15) is 0 Å². The Balaban J connectivity index is 1.23. The van der Waals surface area contributed by atoms with Gasteiger partial charge in [-0.25, -0.2) is 9.59 Å². The molecule has 0 spiro atoms. The van der Waals surface area contributed by atoms with Crippen LogP contribution >= 0.6 is 0 Å². The highest BCUT2D eigenvalue weighted by molar-refractivity contribution is 5.85. The monoisotopic (exact) mass is 478 g/mol. The SMILES string of the molecule is O=C(NC(CC(=O)N1C[C@H](O)C[C@H]1C(=O)O)C1CCC1)OCC1c2ccccc2-c2ccccc21. The molecule has 2 fully saturated rings. The summed E-state index contributed by atoms with van der Waals surface area (Å²) in [5, 5.41) is 22.2. The third-order valence-corrected chi connectivity index (χ3v) is 7.64. The van der Waals surface area contributed by atoms with Gasteiger partial charge in [0.2, 0.25) is 5.91 Å². The number of carboxylic acid groups (broad SMARTS) is 1. The maximum absolute atomic E-state index is 12.9. The van der Waals surface area contributed by atoms with Crippen LogP contribution in [-0.2, 0) is 14.3 Å². The number of carbonyl (C=O) groups excluding carboxylic acids is 2. The normalized spacial score (nSPS) is 22.1. The van der Waals surface area contributed by atoms with Crippen LogP contribution in [0.4, 0.5) is 4.79 Å². The largest absolute Gasteiger partial charge is 0.480 e. The fourth-order valence-electron chi connectivity index (χ4n) is 5.60. The number of hydrogen-bond donors (Lipinski definition) is 3. The van der Waals surface area contributed by atoms with Gasteiger partial charge in [0, 0.05) is 31.3 Å². The predicted octanol–water partition coefficient (Wildman–Crippen LogP) is 3.13. The molecule has 184 valence electrons. The molecule has 8 nitrogen and oxygen atoms in total. The van der Waals surface area contributed by atoms with Crippen LogP contribution in [-0.4, -0.2) is 64.4 Å². The van der Waals surface area contributed by atoms with Crippen molar-refractivity contribution in [3.8, 4) is 11.1 Å². The lowest BCUT2D eigenvalue weighted by atomic mass is 9.78. The number of hydrogen-bond acceptors (Lipinski definition) is 5. The van der Waals surface area contributed by atoms with E-state index >= 15 is 0 Å². The molecule has 1 unspecified atom stereocenters. The second-order valence-electron chi connectivity index (χ2n) is 9.76. The number of benzene rings is 2. The zero-order valence-corrected chi connectivity index (χ0v) is 19.4. The number of fused-ring (bicyclic) bond motifs is 3. The first-order valence-corrected chi connectivity index (χ1v) is 12.2. The van der Waals surface area contributed by atoms with Crippen molar-refractivity contribution in [1.29, 1.82) is 0 Å². The number of aliphatic carboxylic acids is 1. The lowest BCUT2D eigenvalue weighted by molar-refractivity contribution is -0.148. The van der Waals surface area contributed by atoms with E-state index in [4.69, 9.17) is 4.74 Å². The van der Waals surface area contributed by atoms with Gasteiger partial charge in [-0.05, 0) is 41.0 Å². The van der Waals surface area contributed by atoms with Crippen LogP contribution in [0.15, 0.2) is 48.5 Å². The van der Waals surface area contributed by atoms with E-state index in [0.717, 1.165) is 41.5 Å². The van der Waals surface area contributed by atoms with Gasteiger partial charge in [-0.3, -0.25) is 4.79 Å². The van der Waals surface area contributed by atoms with E-state index in [1.54, 1.807) is 0 Å². The molecule has 1 saturated heterocycles. The molecule has 1 saturated carbocycles. The molecule has 35 heavy (non-hydrogen) atoms. The summed E-state index contributed by atoms with van der Waals surface area (Å²) >= 11 is 0. The van der Waals surface area contributed by atoms with Crippen molar-refractivity contribution in [2.24, 2.45) is 5.92 Å². The van der Waals surface area contributed by atoms with Gasteiger partial charge >= 0.3 is 12.1 Å². The van der Waals surface area contributed by atoms with Crippen molar-refractivity contribution in [1.82, 2.24) is 10.2 Å². The maximum Gasteiger partial charge on any atom is 0.407 e. The number of carbonyl (C=O) groups is 3. The van der Waals surface area contributed by atoms with E-state index in [-0.39, 0.29) is 43.7 Å². The van der Waals surface area contributed by atoms with Gasteiger partial charge in [0.05, 0.1) is 6.10 Å². The summed E-state index contributed by atoms with van der Waals surface area (Å²) < 4.78 is 5.66. The summed E-state index contributed by atoms with van der Waals surface area (Å²) in [5.41, 5.74) is 4.55. The minimum atomic E-state index is -1.13. The van der Waals surface area contributed by atoms with E-state index < -0.39 is 30.3 Å². The summed E-state index contributed by atoms with van der Waals surface area (Å²) in [4.78, 5) is 38.5. The van der Waals surface area contributed by atoms with Crippen molar-refractivity contribution in [2.45, 2.75) is 56.2 Å². The molecule has 0 aromatic heterocycles. The zero-order valence-electron chi connectivity index (χ0n) is 19.4. The van der Waals surface area contributed by atoms with Crippen molar-refractivity contribution in [3.05, 3.63) is 59.7 Å². The lowest BCUT2D eigenvalue weighted by Gasteiger charge is -2.35. The van der Waals surface area contributed by atoms with Crippen LogP contribution in [0, 0.1) is 5.92 Å². The van der Waals surface area contributed by atoms with E-state index in [1.807, 2.05) is 24.3 Å². The molecule has 5 rings (SSSR count). The van der Waals surface area contributed by atoms with Crippen molar-refractivity contribution in [3.63, 3.8) is 0 Å². The number of aliphatic hydroxyl groups is 1. The Kier molecular flexibility index (Phi) is 6.47. The third-order valence-electron chi connectivity index (χ3n) is 7.64. The lowest BCUT2D eigenvalue weighted by Crippen LogP contribution is -2.48. The molecule has 0 radical (unpaired) electrons. The van der Waals surface area contributed by atoms with Gasteiger partial charge in [0.25, 0.3) is 0 Å². The second kappa shape index (κ2) is 9.70. The third kappa shape index (κ3) is 4.62. The number of aliphatic hydroxyl groups excluding tert-OH is 1. The number of nitrogens with zero attached hydrogens (tertiary/aromatic N) is 1. The highest BCUT2D eigenvalue weighted by Crippen LogP contribution is 2.44. The van der Waals surface area contributed by atoms with Crippen LogP contribution in [0.3, 0.4) is 0 Å². The van der Waals surface area contributed by atoms with Crippen molar-refractivity contribution >= 4 is 18.0 Å². The Bertz CT molecular complexity index is 1080. The fraction of sp³-hybridized carbons (Fsp3) is 0.444. The van der Waals surface area contributed by atoms with E-state index in [9.17, 15) is 24.6 Å². The quantitative estimate of drug-likeness (QED) is 0.563. The first kappa shape index (κ1) is 23.4. The molecule has 1 heterocycles. The van der Waals surface area contributed by atoms with Crippen molar-refractivity contribution < 1.29 is 29.3 Å². The Morgan fingerprint density at radius 1 is 1.03 bits per heavy atom. The average Bonchev–Trinajstić information content (AvgIpc) is 3.35. The Morgan fingerprint density at radius 2 is 1.66 bits per heavy atom. The average molecular weight is 479 g/mol. The summed E-state index contributed by atoms with van der Waals surface area (Å²) in [6, 6.07) is 14.8. The number of β-amino-alcohol motifs (C(OH)–C–C–N with tert-alkyl or cyclic N) is 1. The van der Waals surface area contributed by atoms with Crippen LogP contribution in [0.2, 0.25) is 0 Å². The number of likely N-dealkylation sites (tertiary alicyclic amines) is 1. The maximum atomic E-state index is 12.9. The van der Waals surface area contributed by atoms with Gasteiger partial charge in [0.15, 0.2) is 0 Å². The molecule has 1 aliphatic heterocycles. The molecular weight excluding hydrogens is 448 g/mol. The molecule has 0 bridgehead atoms. The highest BCUT2D eigenvalue weighted by Gasteiger charge is 2.41. The molecule has 3 N–H and O–H groups in total. The van der Waals surface area contributed by atoms with Crippen molar-refractivity contribution in [2.75, 3.05) is 13.2 Å². The smallest absolute Gasteiger partial charge is 0.407 e. The zero-order chi connectivity index (χ0) is 24.5. The van der Waals surface area contributed by atoms with Crippen LogP contribution in [0.25, 0.3) is 11.1 Å². The molecule has 2 aromatic rings. The predicted molar refractivity (Wildman–Crippen MR) is 128 cm³/mol. The Labute approximate surface area is 203 Å². The molecule has 2 amide bonds. The molecule has 2 aliphatic carbocycles. The topological polar surface area (TPSA) is 116 Å². The fourth-order valence-corrected chi connectivity index (χ4v) is 5.60. The molecule has 3 aliphatic rings. The number of amides is 2. The summed E-state index contributed by atoms with van der Waals surface area (Å²) in [5.74, 6) is -1.40. The number of rotatable bonds is 7. The molecule has 3 atom stereocenters. The Hall–Kier alpha value is -3.39. The standard InChI is InChI=1S/C27H30N2O6/c30-17-12-24(26(32)33)29(14-17)25(31)13-23(16-6-5-7-16)28-27(34)35-15-22-20-10-3-1-8-18(20)19-9-2-4-11-21(19)22/h1-4,8-11,16-17,22-24,30H,5-7,12-15H2,(H,28,34)(H,32,33)/t17-,23?,24+/m1/s1. The molecular formula is C27H30N2O6. The Morgan fingerprint density at radius 3 is 2.23 bits per heavy atom. The summed E-state index contributed by atoms with van der Waals surface area (Å²) in [7, 11) is 0. The van der Waals surface area contributed by atoms with Gasteiger partial charge < -0.3 is 25.2 Å². The summed E-state index contributed by atoms with van der Waals surface area (Å²) in [6.07, 6.45) is 1.41. The molecule has 8 heteroatoms. The minimum absolute atomic E-state index is 0.00185. The number of ether oxygens (including phenoxy) is 1. The van der Waals surface area contributed by atoms with Crippen LogP contribution in [0.5, 0.6) is 0 Å². The summed E-state index contributed by atoms with van der Waals surface area (Å²) in [6.45, 7) is 0.183.